The molecular formula is C19H16N2OS2. The summed E-state index contributed by atoms with van der Waals surface area (Å²) < 4.78 is 2.97. The van der Waals surface area contributed by atoms with Crippen molar-refractivity contribution in [3.8, 4) is 12.3 Å². The van der Waals surface area contributed by atoms with Crippen molar-refractivity contribution in [2.24, 2.45) is 4.99 Å². The third kappa shape index (κ3) is 3.45. The van der Waals surface area contributed by atoms with E-state index >= 15 is 0 Å². The minimum atomic E-state index is -0.245. The largest absolute Gasteiger partial charge is 0.305 e. The van der Waals surface area contributed by atoms with Gasteiger partial charge in [-0.05, 0) is 36.1 Å². The van der Waals surface area contributed by atoms with Gasteiger partial charge in [0.2, 0.25) is 0 Å². The van der Waals surface area contributed by atoms with E-state index in [0.29, 0.717) is 16.9 Å². The van der Waals surface area contributed by atoms with E-state index in [2.05, 4.69) is 17.8 Å². The van der Waals surface area contributed by atoms with Gasteiger partial charge < -0.3 is 4.57 Å². The maximum absolute atomic E-state index is 12.6. The summed E-state index contributed by atoms with van der Waals surface area (Å²) in [7, 11) is 0. The maximum Gasteiger partial charge on any atom is 0.279 e. The minimum Gasteiger partial charge on any atom is -0.305 e. The number of carbonyl (C=O) groups excluding carboxylic acids is 1. The van der Waals surface area contributed by atoms with Gasteiger partial charge in [0, 0.05) is 10.5 Å². The van der Waals surface area contributed by atoms with Crippen LogP contribution in [0.3, 0.4) is 0 Å². The number of rotatable bonds is 4. The van der Waals surface area contributed by atoms with Crippen LogP contribution in [0.2, 0.25) is 0 Å². The molecule has 0 aliphatic rings. The van der Waals surface area contributed by atoms with Gasteiger partial charge >= 0.3 is 0 Å². The molecule has 5 heteroatoms. The SMILES string of the molecule is C#CCn1c(=NC(=O)c2cccc(SCC)c2)sc2ccccc21. The van der Waals surface area contributed by atoms with Gasteiger partial charge in [0.15, 0.2) is 4.80 Å². The van der Waals surface area contributed by atoms with Crippen molar-refractivity contribution in [1.82, 2.24) is 4.57 Å². The Labute approximate surface area is 149 Å². The first-order valence-corrected chi connectivity index (χ1v) is 9.37. The average molecular weight is 352 g/mol. The number of amides is 1. The first-order valence-electron chi connectivity index (χ1n) is 7.56. The molecule has 0 N–H and O–H groups in total. The molecule has 0 saturated heterocycles. The fraction of sp³-hybridized carbons (Fsp3) is 0.158. The Kier molecular flexibility index (Phi) is 5.19. The molecule has 1 heterocycles. The van der Waals surface area contributed by atoms with Crippen LogP contribution in [0.25, 0.3) is 10.2 Å². The number of hydrogen-bond donors (Lipinski definition) is 0. The van der Waals surface area contributed by atoms with Crippen molar-refractivity contribution in [1.29, 1.82) is 0 Å². The van der Waals surface area contributed by atoms with Crippen molar-refractivity contribution in [2.75, 3.05) is 5.75 Å². The second kappa shape index (κ2) is 7.52. The van der Waals surface area contributed by atoms with Crippen molar-refractivity contribution in [3.05, 3.63) is 58.9 Å². The Hall–Kier alpha value is -2.29. The van der Waals surface area contributed by atoms with Crippen LogP contribution in [0.1, 0.15) is 17.3 Å². The van der Waals surface area contributed by atoms with Crippen molar-refractivity contribution in [2.45, 2.75) is 18.4 Å². The summed E-state index contributed by atoms with van der Waals surface area (Å²) in [4.78, 5) is 18.6. The lowest BCUT2D eigenvalue weighted by atomic mass is 10.2. The number of aromatic nitrogens is 1. The van der Waals surface area contributed by atoms with Crippen LogP contribution < -0.4 is 4.80 Å². The van der Waals surface area contributed by atoms with E-state index in [1.807, 2.05) is 47.0 Å². The molecule has 24 heavy (non-hydrogen) atoms. The number of fused-ring (bicyclic) bond motifs is 1. The molecule has 0 saturated carbocycles. The molecule has 0 radical (unpaired) electrons. The number of thiazole rings is 1. The van der Waals surface area contributed by atoms with E-state index < -0.39 is 0 Å². The van der Waals surface area contributed by atoms with Crippen molar-refractivity contribution >= 4 is 39.2 Å². The van der Waals surface area contributed by atoms with Crippen molar-refractivity contribution < 1.29 is 4.79 Å². The van der Waals surface area contributed by atoms with Crippen molar-refractivity contribution in [3.63, 3.8) is 0 Å². The van der Waals surface area contributed by atoms with Crippen LogP contribution in [-0.4, -0.2) is 16.2 Å². The third-order valence-corrected chi connectivity index (χ3v) is 5.36. The monoisotopic (exact) mass is 352 g/mol. The molecule has 2 aromatic carbocycles. The molecule has 0 atom stereocenters. The summed E-state index contributed by atoms with van der Waals surface area (Å²) in [5.41, 5.74) is 1.60. The molecule has 3 nitrogen and oxygen atoms in total. The highest BCUT2D eigenvalue weighted by Gasteiger charge is 2.09. The van der Waals surface area contributed by atoms with Gasteiger partial charge in [-0.25, -0.2) is 0 Å². The van der Waals surface area contributed by atoms with Gasteiger partial charge in [0.25, 0.3) is 5.91 Å². The van der Waals surface area contributed by atoms with Gasteiger partial charge in [-0.15, -0.1) is 18.2 Å². The second-order valence-electron chi connectivity index (χ2n) is 5.02. The fourth-order valence-electron chi connectivity index (χ4n) is 2.39. The summed E-state index contributed by atoms with van der Waals surface area (Å²) in [6.45, 7) is 2.48. The predicted molar refractivity (Wildman–Crippen MR) is 101 cm³/mol. The van der Waals surface area contributed by atoms with Crippen LogP contribution in [0.4, 0.5) is 0 Å². The highest BCUT2D eigenvalue weighted by Crippen LogP contribution is 2.20. The van der Waals surface area contributed by atoms with Crippen LogP contribution in [0.5, 0.6) is 0 Å². The molecule has 1 amide bonds. The molecule has 0 aliphatic heterocycles. The number of carbonyl (C=O) groups is 1. The summed E-state index contributed by atoms with van der Waals surface area (Å²) in [6.07, 6.45) is 5.48. The molecule has 120 valence electrons. The van der Waals surface area contributed by atoms with Crippen LogP contribution in [-0.2, 0) is 6.54 Å². The third-order valence-electron chi connectivity index (χ3n) is 3.43. The summed E-state index contributed by atoms with van der Waals surface area (Å²) in [5, 5.41) is 0. The van der Waals surface area contributed by atoms with E-state index in [1.54, 1.807) is 17.8 Å². The highest BCUT2D eigenvalue weighted by molar-refractivity contribution is 7.99. The Balaban J connectivity index is 2.06. The lowest BCUT2D eigenvalue weighted by Gasteiger charge is -2.01. The Morgan fingerprint density at radius 1 is 1.29 bits per heavy atom. The number of terminal acetylenes is 1. The molecule has 3 rings (SSSR count). The first kappa shape index (κ1) is 16.6. The fourth-order valence-corrected chi connectivity index (χ4v) is 4.13. The average Bonchev–Trinajstić information content (AvgIpc) is 2.93. The van der Waals surface area contributed by atoms with Gasteiger partial charge in [-0.2, -0.15) is 4.99 Å². The Morgan fingerprint density at radius 3 is 2.92 bits per heavy atom. The molecular weight excluding hydrogens is 336 g/mol. The minimum absolute atomic E-state index is 0.245. The molecule has 0 aliphatic carbocycles. The van der Waals surface area contributed by atoms with Crippen LogP contribution in [0.15, 0.2) is 58.4 Å². The normalized spacial score (nSPS) is 11.6. The lowest BCUT2D eigenvalue weighted by molar-refractivity contribution is 0.0997. The number of nitrogens with zero attached hydrogens (tertiary/aromatic N) is 2. The highest BCUT2D eigenvalue weighted by atomic mass is 32.2. The van der Waals surface area contributed by atoms with Crippen LogP contribution >= 0.6 is 23.1 Å². The zero-order valence-corrected chi connectivity index (χ0v) is 14.9. The van der Waals surface area contributed by atoms with E-state index in [-0.39, 0.29) is 5.91 Å². The van der Waals surface area contributed by atoms with E-state index in [9.17, 15) is 4.79 Å². The maximum atomic E-state index is 12.6. The number of hydrogen-bond acceptors (Lipinski definition) is 3. The number of benzene rings is 2. The zero-order valence-electron chi connectivity index (χ0n) is 13.2. The predicted octanol–water partition coefficient (Wildman–Crippen LogP) is 4.19. The van der Waals surface area contributed by atoms with E-state index in [4.69, 9.17) is 6.42 Å². The first-order chi connectivity index (χ1) is 11.7. The van der Waals surface area contributed by atoms with Gasteiger partial charge in [-0.1, -0.05) is 42.4 Å². The lowest BCUT2D eigenvalue weighted by Crippen LogP contribution is -2.16. The van der Waals surface area contributed by atoms with Gasteiger partial charge in [0.1, 0.15) is 0 Å². The number of para-hydroxylation sites is 1. The summed E-state index contributed by atoms with van der Waals surface area (Å²) in [6, 6.07) is 15.5. The zero-order chi connectivity index (χ0) is 16.9. The summed E-state index contributed by atoms with van der Waals surface area (Å²) >= 11 is 3.18. The smallest absolute Gasteiger partial charge is 0.279 e. The molecule has 0 spiro atoms. The van der Waals surface area contributed by atoms with E-state index in [0.717, 1.165) is 20.9 Å². The second-order valence-corrected chi connectivity index (χ2v) is 7.37. The topological polar surface area (TPSA) is 34.4 Å². The Morgan fingerprint density at radius 2 is 2.12 bits per heavy atom. The molecule has 0 fully saturated rings. The van der Waals surface area contributed by atoms with Crippen LogP contribution in [0, 0.1) is 12.3 Å². The van der Waals surface area contributed by atoms with E-state index in [1.165, 1.54) is 11.3 Å². The van der Waals surface area contributed by atoms with Gasteiger partial charge in [0.05, 0.1) is 16.8 Å². The molecule has 1 aromatic heterocycles. The standard InChI is InChI=1S/C19H16N2OS2/c1-3-12-21-16-10-5-6-11-17(16)24-19(21)20-18(22)14-8-7-9-15(13-14)23-4-2/h1,5-11,13H,4,12H2,2H3. The summed E-state index contributed by atoms with van der Waals surface area (Å²) in [5.74, 6) is 3.36. The number of thioether (sulfide) groups is 1. The molecule has 0 unspecified atom stereocenters. The molecule has 3 aromatic rings. The molecule has 0 bridgehead atoms. The Bertz CT molecular complexity index is 992. The van der Waals surface area contributed by atoms with Gasteiger partial charge in [-0.3, -0.25) is 4.79 Å². The quantitative estimate of drug-likeness (QED) is 0.521.